The van der Waals surface area contributed by atoms with Gasteiger partial charge in [-0.2, -0.15) is 0 Å². The van der Waals surface area contributed by atoms with E-state index >= 15 is 0 Å². The first-order valence-electron chi connectivity index (χ1n) is 27.7. The van der Waals surface area contributed by atoms with E-state index in [9.17, 15) is 0 Å². The highest BCUT2D eigenvalue weighted by molar-refractivity contribution is 5.69. The summed E-state index contributed by atoms with van der Waals surface area (Å²) in [6, 6.07) is 30.8. The molecule has 0 amide bonds. The van der Waals surface area contributed by atoms with Crippen molar-refractivity contribution in [1.82, 2.24) is 5.01 Å². The maximum absolute atomic E-state index is 5.96. The third-order valence-corrected chi connectivity index (χ3v) is 13.6. The molecule has 0 fully saturated rings. The zero-order chi connectivity index (χ0) is 47.4. The second-order valence-corrected chi connectivity index (χ2v) is 19.4. The van der Waals surface area contributed by atoms with Gasteiger partial charge in [0.1, 0.15) is 0 Å². The van der Waals surface area contributed by atoms with Gasteiger partial charge in [0.2, 0.25) is 0 Å². The van der Waals surface area contributed by atoms with Gasteiger partial charge in [0.05, 0.1) is 5.69 Å². The van der Waals surface area contributed by atoms with Crippen molar-refractivity contribution in [3.05, 3.63) is 113 Å². The van der Waals surface area contributed by atoms with Crippen molar-refractivity contribution in [2.75, 3.05) is 13.1 Å². The lowest BCUT2D eigenvalue weighted by Crippen LogP contribution is -2.14. The van der Waals surface area contributed by atoms with Crippen molar-refractivity contribution in [2.24, 2.45) is 10.3 Å². The van der Waals surface area contributed by atoms with Gasteiger partial charge < -0.3 is 0 Å². The maximum Gasteiger partial charge on any atom is 0.0874 e. The molecule has 0 saturated heterocycles. The van der Waals surface area contributed by atoms with Crippen LogP contribution in [0.3, 0.4) is 0 Å². The number of terminal acetylenes is 1. The number of hydrogen-bond donors (Lipinski definition) is 0. The number of nitrogens with zero attached hydrogens (tertiary/aromatic N) is 3. The molecular weight excluding hydrogens is 811 g/mol. The van der Waals surface area contributed by atoms with Crippen LogP contribution >= 0.6 is 0 Å². The van der Waals surface area contributed by atoms with E-state index in [1.165, 1.54) is 213 Å². The highest BCUT2D eigenvalue weighted by Crippen LogP contribution is 2.28. The van der Waals surface area contributed by atoms with E-state index < -0.39 is 0 Å². The van der Waals surface area contributed by atoms with Gasteiger partial charge >= 0.3 is 0 Å². The Labute approximate surface area is 411 Å². The number of aryl methyl sites for hydroxylation is 2. The fourth-order valence-electron chi connectivity index (χ4n) is 9.28. The van der Waals surface area contributed by atoms with Crippen LogP contribution < -0.4 is 0 Å². The maximum atomic E-state index is 5.96. The van der Waals surface area contributed by atoms with Crippen LogP contribution in [-0.2, 0) is 12.8 Å². The molecule has 362 valence electrons. The molecule has 3 nitrogen and oxygen atoms in total. The highest BCUT2D eigenvalue weighted by atomic mass is 15.5. The third-order valence-electron chi connectivity index (χ3n) is 13.6. The molecule has 67 heavy (non-hydrogen) atoms. The van der Waals surface area contributed by atoms with Gasteiger partial charge in [0.15, 0.2) is 0 Å². The monoisotopic (exact) mass is 902 g/mol. The van der Waals surface area contributed by atoms with E-state index in [1.54, 1.807) is 0 Å². The first-order chi connectivity index (χ1) is 33.0. The number of rotatable bonds is 36. The van der Waals surface area contributed by atoms with E-state index in [-0.39, 0.29) is 0 Å². The van der Waals surface area contributed by atoms with Crippen molar-refractivity contribution in [3.63, 3.8) is 0 Å². The van der Waals surface area contributed by atoms with Crippen molar-refractivity contribution < 1.29 is 0 Å². The molecule has 4 aromatic rings. The Morgan fingerprint density at radius 3 is 1.13 bits per heavy atom. The van der Waals surface area contributed by atoms with Gasteiger partial charge in [-0.05, 0) is 121 Å². The van der Waals surface area contributed by atoms with E-state index in [0.717, 1.165) is 48.3 Å². The molecule has 0 atom stereocenters. The molecule has 0 radical (unpaired) electrons. The van der Waals surface area contributed by atoms with E-state index in [2.05, 4.69) is 141 Å². The molecule has 0 aliphatic rings. The quantitative estimate of drug-likeness (QED) is 0.0193. The minimum atomic E-state index is 0.846. The smallest absolute Gasteiger partial charge is 0.0874 e. The Balaban J connectivity index is 1.32. The standard InChI is InChI=1S/C64H91N3/c1-6-11-13-15-17-19-21-23-25-27-29-31-33-35-37-57-49-55(8-3)51-62(52-57)60-43-41-56(42-44-60)39-40-59-50-58(38-36-34-32-30-28-26-24-22-20-18-16-14-12-7-2)53-63(54-59)61-45-47-64(48-46-61)65-66-67(9-4)10-5/h3,41-54H,6-7,9-38H2,1-2,4-5H3. The third kappa shape index (κ3) is 23.8. The first-order valence-corrected chi connectivity index (χ1v) is 27.7. The Morgan fingerprint density at radius 1 is 0.373 bits per heavy atom. The summed E-state index contributed by atoms with van der Waals surface area (Å²) in [5, 5.41) is 10.8. The minimum Gasteiger partial charge on any atom is -0.279 e. The van der Waals surface area contributed by atoms with Crippen LogP contribution in [0.5, 0.6) is 0 Å². The first kappa shape index (κ1) is 55.0. The van der Waals surface area contributed by atoms with Crippen molar-refractivity contribution in [1.29, 1.82) is 0 Å². The normalized spacial score (nSPS) is 11.2. The minimum absolute atomic E-state index is 0.846. The average molecular weight is 902 g/mol. The van der Waals surface area contributed by atoms with Gasteiger partial charge in [-0.15, -0.1) is 11.5 Å². The highest BCUT2D eigenvalue weighted by Gasteiger charge is 2.07. The summed E-state index contributed by atoms with van der Waals surface area (Å²) < 4.78 is 0. The second-order valence-electron chi connectivity index (χ2n) is 19.4. The Hall–Kier alpha value is -4.60. The number of hydrogen-bond acceptors (Lipinski definition) is 2. The molecule has 0 spiro atoms. The predicted octanol–water partition coefficient (Wildman–Crippen LogP) is 19.8. The molecule has 0 N–H and O–H groups in total. The Kier molecular flexibility index (Phi) is 29.2. The molecule has 0 heterocycles. The summed E-state index contributed by atoms with van der Waals surface area (Å²) in [7, 11) is 0. The molecule has 0 unspecified atom stereocenters. The average Bonchev–Trinajstić information content (AvgIpc) is 3.36. The summed E-state index contributed by atoms with van der Waals surface area (Å²) in [6.45, 7) is 10.5. The van der Waals surface area contributed by atoms with Crippen LogP contribution in [0.25, 0.3) is 22.3 Å². The van der Waals surface area contributed by atoms with Crippen LogP contribution in [0.2, 0.25) is 0 Å². The zero-order valence-corrected chi connectivity index (χ0v) is 43.1. The predicted molar refractivity (Wildman–Crippen MR) is 293 cm³/mol. The van der Waals surface area contributed by atoms with Crippen molar-refractivity contribution >= 4 is 5.69 Å². The van der Waals surface area contributed by atoms with Crippen LogP contribution in [-0.4, -0.2) is 18.1 Å². The lowest BCUT2D eigenvalue weighted by atomic mass is 9.96. The number of unbranched alkanes of at least 4 members (excludes halogenated alkanes) is 26. The van der Waals surface area contributed by atoms with Gasteiger partial charge in [0, 0.05) is 29.8 Å². The molecule has 3 heteroatoms. The zero-order valence-electron chi connectivity index (χ0n) is 43.1. The Morgan fingerprint density at radius 2 is 0.731 bits per heavy atom. The van der Waals surface area contributed by atoms with Crippen LogP contribution in [0, 0.1) is 24.2 Å². The Bertz CT molecular complexity index is 2020. The molecule has 0 aliphatic carbocycles. The van der Waals surface area contributed by atoms with E-state index in [4.69, 9.17) is 6.42 Å². The van der Waals surface area contributed by atoms with E-state index in [0.29, 0.717) is 0 Å². The van der Waals surface area contributed by atoms with Gasteiger partial charge in [-0.3, -0.25) is 5.01 Å². The van der Waals surface area contributed by atoms with Crippen molar-refractivity contribution in [3.8, 4) is 46.4 Å². The molecule has 0 aromatic heterocycles. The summed E-state index contributed by atoms with van der Waals surface area (Å²) in [5.74, 6) is 9.97. The summed E-state index contributed by atoms with van der Waals surface area (Å²) in [4.78, 5) is 0. The molecule has 0 saturated carbocycles. The molecule has 4 rings (SSSR count). The van der Waals surface area contributed by atoms with Gasteiger partial charge in [-0.1, -0.05) is 240 Å². The fourth-order valence-corrected chi connectivity index (χ4v) is 9.28. The molecule has 0 bridgehead atoms. The lowest BCUT2D eigenvalue weighted by Gasteiger charge is -2.11. The summed E-state index contributed by atoms with van der Waals surface area (Å²) >= 11 is 0. The van der Waals surface area contributed by atoms with Crippen molar-refractivity contribution in [2.45, 2.75) is 220 Å². The second kappa shape index (κ2) is 35.5. The molecular formula is C64H91N3. The molecule has 4 aromatic carbocycles. The van der Waals surface area contributed by atoms with Crippen LogP contribution in [0.15, 0.2) is 95.3 Å². The van der Waals surface area contributed by atoms with Gasteiger partial charge in [0.25, 0.3) is 0 Å². The molecule has 0 aliphatic heterocycles. The summed E-state index contributed by atoms with van der Waals surface area (Å²) in [6.07, 6.45) is 46.7. The largest absolute Gasteiger partial charge is 0.279 e. The SMILES string of the molecule is C#Cc1cc(CCCCCCCCCCCCCCCC)cc(-c2ccc(C#Cc3cc(CCCCCCCCCCCCCCCC)cc(-c4ccc(N=NN(CC)CC)cc4)c3)cc2)c1. The number of benzene rings is 4. The topological polar surface area (TPSA) is 28.0 Å². The van der Waals surface area contributed by atoms with Crippen LogP contribution in [0.1, 0.15) is 235 Å². The summed E-state index contributed by atoms with van der Waals surface area (Å²) in [5.41, 5.74) is 11.4. The van der Waals surface area contributed by atoms with Crippen LogP contribution in [0.4, 0.5) is 5.69 Å². The lowest BCUT2D eigenvalue weighted by molar-refractivity contribution is 0.301. The fraction of sp³-hybridized carbons (Fsp3) is 0.562. The van der Waals surface area contributed by atoms with Gasteiger partial charge in [-0.25, -0.2) is 0 Å². The van der Waals surface area contributed by atoms with E-state index in [1.807, 2.05) is 5.01 Å².